The van der Waals surface area contributed by atoms with E-state index in [0.29, 0.717) is 0 Å². The third kappa shape index (κ3) is 3.61. The van der Waals surface area contributed by atoms with E-state index in [1.54, 1.807) is 5.38 Å². The summed E-state index contributed by atoms with van der Waals surface area (Å²) in [4.78, 5) is 12.2. The molecule has 1 unspecified atom stereocenters. The molecule has 20 heavy (non-hydrogen) atoms. The molecule has 1 aliphatic carbocycles. The summed E-state index contributed by atoms with van der Waals surface area (Å²) in [7, 11) is -3.69. The Hall–Kier alpha value is -0.880. The molecular formula is C14H21NO3S2. The number of nitrogens with one attached hydrogen (secondary N) is 1. The maximum Gasteiger partial charge on any atom is 0.264 e. The lowest BCUT2D eigenvalue weighted by molar-refractivity contribution is -0.121. The van der Waals surface area contributed by atoms with Gasteiger partial charge in [-0.3, -0.25) is 4.79 Å². The van der Waals surface area contributed by atoms with Crippen molar-refractivity contribution in [3.63, 3.8) is 0 Å². The molecule has 0 aromatic carbocycles. The Labute approximate surface area is 124 Å². The van der Waals surface area contributed by atoms with Crippen LogP contribution in [0.4, 0.5) is 0 Å². The molecule has 0 saturated heterocycles. The van der Waals surface area contributed by atoms with Gasteiger partial charge in [-0.05, 0) is 35.6 Å². The number of carbonyl (C=O) groups is 1. The van der Waals surface area contributed by atoms with E-state index in [1.165, 1.54) is 29.2 Å². The molecule has 6 heteroatoms. The van der Waals surface area contributed by atoms with E-state index in [-0.39, 0.29) is 22.6 Å². The standard InChI is InChI=1S/C14H21NO3S2/c1-14(2)7-4-3-5-11(14)9-13(16)15-20(17,18)12-6-8-19-10-12/h6,8,10-11H,3-5,7,9H2,1-2H3,(H,15,16). The van der Waals surface area contributed by atoms with E-state index in [1.807, 2.05) is 0 Å². The van der Waals surface area contributed by atoms with Crippen LogP contribution in [0, 0.1) is 11.3 Å². The third-order valence-electron chi connectivity index (χ3n) is 4.21. The monoisotopic (exact) mass is 315 g/mol. The number of hydrogen-bond acceptors (Lipinski definition) is 4. The van der Waals surface area contributed by atoms with Crippen LogP contribution in [-0.2, 0) is 14.8 Å². The van der Waals surface area contributed by atoms with Crippen LogP contribution in [0.2, 0.25) is 0 Å². The zero-order valence-electron chi connectivity index (χ0n) is 11.9. The Balaban J connectivity index is 1.99. The summed E-state index contributed by atoms with van der Waals surface area (Å²) < 4.78 is 26.1. The van der Waals surface area contributed by atoms with Gasteiger partial charge < -0.3 is 0 Å². The quantitative estimate of drug-likeness (QED) is 0.928. The van der Waals surface area contributed by atoms with Crippen LogP contribution in [-0.4, -0.2) is 14.3 Å². The topological polar surface area (TPSA) is 63.2 Å². The Morgan fingerprint density at radius 3 is 2.80 bits per heavy atom. The Kier molecular flexibility index (Phi) is 4.54. The highest BCUT2D eigenvalue weighted by molar-refractivity contribution is 7.90. The van der Waals surface area contributed by atoms with Crippen LogP contribution in [0.3, 0.4) is 0 Å². The minimum atomic E-state index is -3.69. The van der Waals surface area contributed by atoms with Gasteiger partial charge in [0, 0.05) is 11.8 Å². The predicted molar refractivity (Wildman–Crippen MR) is 80.0 cm³/mol. The van der Waals surface area contributed by atoms with Crippen molar-refractivity contribution in [2.45, 2.75) is 50.8 Å². The summed E-state index contributed by atoms with van der Waals surface area (Å²) >= 11 is 1.30. The first-order valence-electron chi connectivity index (χ1n) is 6.89. The molecule has 0 bridgehead atoms. The molecule has 1 amide bonds. The van der Waals surface area contributed by atoms with Gasteiger partial charge in [0.15, 0.2) is 0 Å². The summed E-state index contributed by atoms with van der Waals surface area (Å²) in [5.41, 5.74) is 0.113. The lowest BCUT2D eigenvalue weighted by Crippen LogP contribution is -2.36. The number of rotatable bonds is 4. The minimum absolute atomic E-state index is 0.113. The highest BCUT2D eigenvalue weighted by Gasteiger charge is 2.34. The van der Waals surface area contributed by atoms with Crippen LogP contribution < -0.4 is 4.72 Å². The number of thiophene rings is 1. The SMILES string of the molecule is CC1(C)CCCCC1CC(=O)NS(=O)(=O)c1ccsc1. The average Bonchev–Trinajstić information content (AvgIpc) is 2.85. The van der Waals surface area contributed by atoms with Gasteiger partial charge in [-0.1, -0.05) is 26.7 Å². The zero-order valence-corrected chi connectivity index (χ0v) is 13.5. The van der Waals surface area contributed by atoms with Gasteiger partial charge in [-0.2, -0.15) is 11.3 Å². The molecule has 0 aliphatic heterocycles. The molecule has 1 N–H and O–H groups in total. The van der Waals surface area contributed by atoms with Crippen LogP contribution in [0.1, 0.15) is 46.0 Å². The second kappa shape index (κ2) is 5.85. The fourth-order valence-electron chi connectivity index (χ4n) is 2.82. The molecule has 1 atom stereocenters. The van der Waals surface area contributed by atoms with Crippen LogP contribution in [0.5, 0.6) is 0 Å². The van der Waals surface area contributed by atoms with Crippen molar-refractivity contribution in [1.82, 2.24) is 4.72 Å². The van der Waals surface area contributed by atoms with Crippen molar-refractivity contribution in [2.24, 2.45) is 11.3 Å². The van der Waals surface area contributed by atoms with E-state index in [9.17, 15) is 13.2 Å². The van der Waals surface area contributed by atoms with Crippen molar-refractivity contribution in [3.05, 3.63) is 16.8 Å². The van der Waals surface area contributed by atoms with Crippen LogP contribution in [0.25, 0.3) is 0 Å². The van der Waals surface area contributed by atoms with E-state index in [4.69, 9.17) is 0 Å². The number of sulfonamides is 1. The first kappa shape index (κ1) is 15.5. The smallest absolute Gasteiger partial charge is 0.264 e. The number of amides is 1. The van der Waals surface area contributed by atoms with E-state index in [2.05, 4.69) is 18.6 Å². The maximum absolute atomic E-state index is 12.0. The van der Waals surface area contributed by atoms with Gasteiger partial charge in [0.25, 0.3) is 10.0 Å². The second-order valence-corrected chi connectivity index (χ2v) is 8.59. The Bertz CT molecular complexity index is 561. The molecule has 4 nitrogen and oxygen atoms in total. The average molecular weight is 315 g/mol. The fourth-order valence-corrected chi connectivity index (χ4v) is 4.85. The first-order valence-corrected chi connectivity index (χ1v) is 9.32. The van der Waals surface area contributed by atoms with Crippen molar-refractivity contribution in [2.75, 3.05) is 0 Å². The minimum Gasteiger partial charge on any atom is -0.274 e. The molecule has 1 aliphatic rings. The number of hydrogen-bond donors (Lipinski definition) is 1. The summed E-state index contributed by atoms with van der Waals surface area (Å²) in [6.45, 7) is 4.33. The molecule has 0 spiro atoms. The normalized spacial score (nSPS) is 22.4. The van der Waals surface area contributed by atoms with Crippen molar-refractivity contribution < 1.29 is 13.2 Å². The van der Waals surface area contributed by atoms with E-state index in [0.717, 1.165) is 19.3 Å². The third-order valence-corrected chi connectivity index (χ3v) is 6.42. The first-order chi connectivity index (χ1) is 9.31. The molecule has 1 saturated carbocycles. The lowest BCUT2D eigenvalue weighted by Gasteiger charge is -2.38. The Morgan fingerprint density at radius 1 is 1.45 bits per heavy atom. The zero-order chi connectivity index (χ0) is 14.8. The summed E-state index contributed by atoms with van der Waals surface area (Å²) in [5.74, 6) is -0.134. The Morgan fingerprint density at radius 2 is 2.20 bits per heavy atom. The lowest BCUT2D eigenvalue weighted by atomic mass is 9.67. The second-order valence-electron chi connectivity index (χ2n) is 6.12. The number of carbonyl (C=O) groups excluding carboxylic acids is 1. The van der Waals surface area contributed by atoms with Gasteiger partial charge in [0.05, 0.1) is 4.90 Å². The summed E-state index contributed by atoms with van der Waals surface area (Å²) in [6, 6.07) is 1.50. The molecule has 112 valence electrons. The molecule has 0 radical (unpaired) electrons. The predicted octanol–water partition coefficient (Wildman–Crippen LogP) is 3.16. The van der Waals surface area contributed by atoms with Crippen molar-refractivity contribution in [1.29, 1.82) is 0 Å². The van der Waals surface area contributed by atoms with Crippen LogP contribution in [0.15, 0.2) is 21.7 Å². The van der Waals surface area contributed by atoms with Gasteiger partial charge in [0.1, 0.15) is 0 Å². The fraction of sp³-hybridized carbons (Fsp3) is 0.643. The van der Waals surface area contributed by atoms with Crippen molar-refractivity contribution >= 4 is 27.3 Å². The maximum atomic E-state index is 12.0. The molecule has 1 aromatic rings. The molecular weight excluding hydrogens is 294 g/mol. The van der Waals surface area contributed by atoms with Gasteiger partial charge in [0.2, 0.25) is 5.91 Å². The van der Waals surface area contributed by atoms with E-state index >= 15 is 0 Å². The molecule has 2 rings (SSSR count). The van der Waals surface area contributed by atoms with Crippen LogP contribution >= 0.6 is 11.3 Å². The highest BCUT2D eigenvalue weighted by atomic mass is 32.2. The summed E-state index contributed by atoms with van der Waals surface area (Å²) in [5, 5.41) is 3.21. The highest BCUT2D eigenvalue weighted by Crippen LogP contribution is 2.42. The summed E-state index contributed by atoms with van der Waals surface area (Å²) in [6.07, 6.45) is 4.70. The molecule has 1 fully saturated rings. The van der Waals surface area contributed by atoms with Crippen molar-refractivity contribution in [3.8, 4) is 0 Å². The van der Waals surface area contributed by atoms with Gasteiger partial charge in [-0.15, -0.1) is 0 Å². The molecule has 1 heterocycles. The van der Waals surface area contributed by atoms with Gasteiger partial charge >= 0.3 is 0 Å². The molecule has 1 aromatic heterocycles. The van der Waals surface area contributed by atoms with Gasteiger partial charge in [-0.25, -0.2) is 13.1 Å². The van der Waals surface area contributed by atoms with E-state index < -0.39 is 15.9 Å². The largest absolute Gasteiger partial charge is 0.274 e.